The topological polar surface area (TPSA) is 37.3 Å². The van der Waals surface area contributed by atoms with E-state index in [1.54, 1.807) is 0 Å². The lowest BCUT2D eigenvalue weighted by Gasteiger charge is -2.09. The molecule has 0 aromatic heterocycles. The molecular weight excluding hydrogens is 164 g/mol. The van der Waals surface area contributed by atoms with Crippen molar-refractivity contribution in [1.82, 2.24) is 0 Å². The zero-order valence-corrected chi connectivity index (χ0v) is 7.73. The van der Waals surface area contributed by atoms with E-state index in [1.165, 1.54) is 5.56 Å². The molecule has 1 N–H and O–H groups in total. The Bertz CT molecular complexity index is 267. The number of benzene rings is 1. The number of carboxylic acids is 1. The molecule has 1 aromatic rings. The molecule has 0 bridgehead atoms. The number of hydrogen-bond donors (Lipinski definition) is 1. The zero-order chi connectivity index (χ0) is 9.68. The van der Waals surface area contributed by atoms with Gasteiger partial charge in [-0.2, -0.15) is 0 Å². The van der Waals surface area contributed by atoms with E-state index in [1.807, 2.05) is 30.3 Å². The van der Waals surface area contributed by atoms with E-state index in [4.69, 9.17) is 5.11 Å². The molecule has 0 unspecified atom stereocenters. The van der Waals surface area contributed by atoms with Crippen LogP contribution in [-0.4, -0.2) is 11.1 Å². The van der Waals surface area contributed by atoms with Crippen LogP contribution in [0, 0.1) is 0 Å². The second kappa shape index (κ2) is 4.65. The summed E-state index contributed by atoms with van der Waals surface area (Å²) in [6.07, 6.45) is 0.954. The molecule has 1 rings (SSSR count). The summed E-state index contributed by atoms with van der Waals surface area (Å²) in [5.74, 6) is -0.389. The first-order valence-corrected chi connectivity index (χ1v) is 4.47. The quantitative estimate of drug-likeness (QED) is 0.769. The van der Waals surface area contributed by atoms with Crippen molar-refractivity contribution in [1.29, 1.82) is 0 Å². The maximum atomic E-state index is 10.3. The second-order valence-electron chi connectivity index (χ2n) is 3.24. The summed E-state index contributed by atoms with van der Waals surface area (Å²) in [6.45, 7) is 2.05. The molecule has 0 saturated carbocycles. The number of rotatable bonds is 4. The van der Waals surface area contributed by atoms with Crippen LogP contribution in [0.5, 0.6) is 0 Å². The molecule has 13 heavy (non-hydrogen) atoms. The van der Waals surface area contributed by atoms with Gasteiger partial charge in [-0.3, -0.25) is 4.79 Å². The SMILES string of the molecule is C[C@H](CCC(=O)O)c1ccccc1. The highest BCUT2D eigenvalue weighted by atomic mass is 16.4. The average Bonchev–Trinajstić information content (AvgIpc) is 2.15. The Balaban J connectivity index is 2.49. The van der Waals surface area contributed by atoms with Crippen LogP contribution in [0.2, 0.25) is 0 Å². The van der Waals surface area contributed by atoms with Crippen molar-refractivity contribution in [3.8, 4) is 0 Å². The van der Waals surface area contributed by atoms with Crippen molar-refractivity contribution in [2.24, 2.45) is 0 Å². The third kappa shape index (κ3) is 3.28. The number of carboxylic acid groups (broad SMARTS) is 1. The van der Waals surface area contributed by atoms with Crippen LogP contribution < -0.4 is 0 Å². The Kier molecular flexibility index (Phi) is 3.50. The molecule has 0 fully saturated rings. The van der Waals surface area contributed by atoms with E-state index in [2.05, 4.69) is 6.92 Å². The first-order valence-electron chi connectivity index (χ1n) is 4.47. The van der Waals surface area contributed by atoms with E-state index < -0.39 is 5.97 Å². The van der Waals surface area contributed by atoms with Gasteiger partial charge in [-0.1, -0.05) is 37.3 Å². The standard InChI is InChI=1S/C11H14O2/c1-9(7-8-11(12)13)10-5-3-2-4-6-10/h2-6,9H,7-8H2,1H3,(H,12,13)/t9-/m1/s1. The van der Waals surface area contributed by atoms with Crippen LogP contribution in [-0.2, 0) is 4.79 Å². The molecule has 0 radical (unpaired) electrons. The second-order valence-corrected chi connectivity index (χ2v) is 3.24. The minimum absolute atomic E-state index is 0.246. The number of carbonyl (C=O) groups is 1. The fourth-order valence-electron chi connectivity index (χ4n) is 1.29. The first kappa shape index (κ1) is 9.78. The molecule has 0 amide bonds. The smallest absolute Gasteiger partial charge is 0.303 e. The molecule has 0 saturated heterocycles. The van der Waals surface area contributed by atoms with Crippen molar-refractivity contribution in [3.05, 3.63) is 35.9 Å². The Hall–Kier alpha value is -1.31. The van der Waals surface area contributed by atoms with Crippen LogP contribution in [0.25, 0.3) is 0 Å². The molecule has 1 aromatic carbocycles. The van der Waals surface area contributed by atoms with Gasteiger partial charge >= 0.3 is 5.97 Å². The van der Waals surface area contributed by atoms with Gasteiger partial charge in [-0.25, -0.2) is 0 Å². The first-order chi connectivity index (χ1) is 6.20. The van der Waals surface area contributed by atoms with E-state index in [9.17, 15) is 4.79 Å². The molecule has 0 aliphatic heterocycles. The van der Waals surface area contributed by atoms with Gasteiger partial charge < -0.3 is 5.11 Å². The maximum Gasteiger partial charge on any atom is 0.303 e. The summed E-state index contributed by atoms with van der Waals surface area (Å²) in [7, 11) is 0. The molecule has 0 aliphatic carbocycles. The summed E-state index contributed by atoms with van der Waals surface area (Å²) in [5.41, 5.74) is 1.21. The Morgan fingerprint density at radius 3 is 2.54 bits per heavy atom. The zero-order valence-electron chi connectivity index (χ0n) is 7.73. The Morgan fingerprint density at radius 2 is 2.00 bits per heavy atom. The number of aliphatic carboxylic acids is 1. The van der Waals surface area contributed by atoms with Crippen LogP contribution in [0.4, 0.5) is 0 Å². The summed E-state index contributed by atoms with van der Waals surface area (Å²) < 4.78 is 0. The number of hydrogen-bond acceptors (Lipinski definition) is 1. The summed E-state index contributed by atoms with van der Waals surface area (Å²) in [6, 6.07) is 9.99. The highest BCUT2D eigenvalue weighted by Crippen LogP contribution is 2.19. The lowest BCUT2D eigenvalue weighted by Crippen LogP contribution is -1.99. The predicted molar refractivity (Wildman–Crippen MR) is 51.7 cm³/mol. The lowest BCUT2D eigenvalue weighted by atomic mass is 9.96. The summed E-state index contributed by atoms with van der Waals surface area (Å²) in [4.78, 5) is 10.3. The maximum absolute atomic E-state index is 10.3. The summed E-state index contributed by atoms with van der Waals surface area (Å²) >= 11 is 0. The molecule has 0 spiro atoms. The fraction of sp³-hybridized carbons (Fsp3) is 0.364. The van der Waals surface area contributed by atoms with Gasteiger partial charge in [0, 0.05) is 6.42 Å². The minimum Gasteiger partial charge on any atom is -0.481 e. The molecule has 1 atom stereocenters. The molecule has 2 heteroatoms. The molecule has 70 valence electrons. The van der Waals surface area contributed by atoms with Gasteiger partial charge in [0.2, 0.25) is 0 Å². The van der Waals surface area contributed by atoms with Crippen LogP contribution in [0.15, 0.2) is 30.3 Å². The highest BCUT2D eigenvalue weighted by Gasteiger charge is 2.06. The van der Waals surface area contributed by atoms with E-state index in [0.29, 0.717) is 12.3 Å². The third-order valence-corrected chi connectivity index (χ3v) is 2.16. The lowest BCUT2D eigenvalue weighted by molar-refractivity contribution is -0.137. The van der Waals surface area contributed by atoms with Gasteiger partial charge in [0.15, 0.2) is 0 Å². The minimum atomic E-state index is -0.720. The fourth-order valence-corrected chi connectivity index (χ4v) is 1.29. The van der Waals surface area contributed by atoms with E-state index >= 15 is 0 Å². The molecule has 0 aliphatic rings. The predicted octanol–water partition coefficient (Wildman–Crippen LogP) is 2.65. The van der Waals surface area contributed by atoms with E-state index in [-0.39, 0.29) is 6.42 Å². The molecular formula is C11H14O2. The van der Waals surface area contributed by atoms with Gasteiger partial charge in [-0.05, 0) is 17.9 Å². The highest BCUT2D eigenvalue weighted by molar-refractivity contribution is 5.66. The largest absolute Gasteiger partial charge is 0.481 e. The van der Waals surface area contributed by atoms with Crippen LogP contribution >= 0.6 is 0 Å². The van der Waals surface area contributed by atoms with Crippen molar-refractivity contribution < 1.29 is 9.90 Å². The van der Waals surface area contributed by atoms with Crippen molar-refractivity contribution >= 4 is 5.97 Å². The van der Waals surface area contributed by atoms with Crippen molar-refractivity contribution in [3.63, 3.8) is 0 Å². The van der Waals surface area contributed by atoms with E-state index in [0.717, 1.165) is 0 Å². The third-order valence-electron chi connectivity index (χ3n) is 2.16. The summed E-state index contributed by atoms with van der Waals surface area (Å²) in [5, 5.41) is 8.51. The van der Waals surface area contributed by atoms with Crippen molar-refractivity contribution in [2.45, 2.75) is 25.7 Å². The van der Waals surface area contributed by atoms with Crippen molar-refractivity contribution in [2.75, 3.05) is 0 Å². The van der Waals surface area contributed by atoms with Crippen LogP contribution in [0.1, 0.15) is 31.2 Å². The van der Waals surface area contributed by atoms with Gasteiger partial charge in [0.25, 0.3) is 0 Å². The van der Waals surface area contributed by atoms with Gasteiger partial charge in [0.1, 0.15) is 0 Å². The normalized spacial score (nSPS) is 12.4. The average molecular weight is 178 g/mol. The van der Waals surface area contributed by atoms with Gasteiger partial charge in [-0.15, -0.1) is 0 Å². The Labute approximate surface area is 78.2 Å². The Morgan fingerprint density at radius 1 is 1.38 bits per heavy atom. The monoisotopic (exact) mass is 178 g/mol. The van der Waals surface area contributed by atoms with Crippen LogP contribution in [0.3, 0.4) is 0 Å². The van der Waals surface area contributed by atoms with Gasteiger partial charge in [0.05, 0.1) is 0 Å². The molecule has 2 nitrogen and oxygen atoms in total. The molecule has 0 heterocycles.